The summed E-state index contributed by atoms with van der Waals surface area (Å²) < 4.78 is -0.697. The molecule has 3 amide bonds. The fraction of sp³-hybridized carbons (Fsp3) is 0.581. The first-order chi connectivity index (χ1) is 18.7. The van der Waals surface area contributed by atoms with Gasteiger partial charge in [-0.05, 0) is 56.2 Å². The molecular formula is C31H43N3O4S. The van der Waals surface area contributed by atoms with Crippen LogP contribution in [-0.4, -0.2) is 81.5 Å². The van der Waals surface area contributed by atoms with Gasteiger partial charge in [-0.3, -0.25) is 14.4 Å². The minimum Gasteiger partial charge on any atom is -0.396 e. The Labute approximate surface area is 237 Å². The Bertz CT molecular complexity index is 1140. The molecule has 4 rings (SSSR count). The first kappa shape index (κ1) is 29.4. The van der Waals surface area contributed by atoms with E-state index in [0.29, 0.717) is 26.1 Å². The van der Waals surface area contributed by atoms with E-state index in [2.05, 4.69) is 20.1 Å². The predicted octanol–water partition coefficient (Wildman–Crippen LogP) is 3.97. The van der Waals surface area contributed by atoms with Gasteiger partial charge < -0.3 is 19.8 Å². The van der Waals surface area contributed by atoms with Gasteiger partial charge in [-0.1, -0.05) is 38.1 Å². The van der Waals surface area contributed by atoms with E-state index in [0.717, 1.165) is 29.7 Å². The van der Waals surface area contributed by atoms with E-state index >= 15 is 0 Å². The molecule has 0 saturated carbocycles. The normalized spacial score (nSPS) is 28.9. The number of hydrogen-bond donors (Lipinski definition) is 1. The van der Waals surface area contributed by atoms with Gasteiger partial charge in [0.25, 0.3) is 5.91 Å². The number of carbonyl (C=O) groups is 3. The molecule has 7 nitrogen and oxygen atoms in total. The molecule has 3 saturated heterocycles. The summed E-state index contributed by atoms with van der Waals surface area (Å²) in [6.45, 7) is 17.5. The number of anilines is 1. The maximum Gasteiger partial charge on any atom is 0.251 e. The van der Waals surface area contributed by atoms with E-state index in [9.17, 15) is 19.5 Å². The number of benzene rings is 1. The summed E-state index contributed by atoms with van der Waals surface area (Å²) in [6, 6.07) is 5.32. The zero-order valence-electron chi connectivity index (χ0n) is 23.8. The van der Waals surface area contributed by atoms with Crippen LogP contribution >= 0.6 is 11.8 Å². The maximum absolute atomic E-state index is 14.7. The number of carbonyl (C=O) groups excluding carboxylic acids is 3. The molecule has 8 heteroatoms. The topological polar surface area (TPSA) is 81.2 Å². The number of aliphatic hydroxyl groups excluding tert-OH is 1. The van der Waals surface area contributed by atoms with Crippen LogP contribution in [0.25, 0.3) is 0 Å². The van der Waals surface area contributed by atoms with Crippen LogP contribution < -0.4 is 4.90 Å². The van der Waals surface area contributed by atoms with Crippen molar-refractivity contribution < 1.29 is 19.5 Å². The molecule has 1 N–H and O–H groups in total. The van der Waals surface area contributed by atoms with E-state index in [-0.39, 0.29) is 42.0 Å². The molecule has 0 aromatic heterocycles. The van der Waals surface area contributed by atoms with Crippen molar-refractivity contribution in [3.05, 3.63) is 54.6 Å². The smallest absolute Gasteiger partial charge is 0.251 e. The van der Waals surface area contributed by atoms with Gasteiger partial charge in [-0.15, -0.1) is 24.9 Å². The van der Waals surface area contributed by atoms with E-state index < -0.39 is 22.6 Å². The number of hydrogen-bond acceptors (Lipinski definition) is 5. The number of nitrogens with zero attached hydrogens (tertiary/aromatic N) is 3. The quantitative estimate of drug-likeness (QED) is 0.396. The summed E-state index contributed by atoms with van der Waals surface area (Å²) >= 11 is 1.69. The van der Waals surface area contributed by atoms with E-state index in [1.807, 2.05) is 43.9 Å². The van der Waals surface area contributed by atoms with Crippen molar-refractivity contribution in [1.82, 2.24) is 9.80 Å². The lowest BCUT2D eigenvalue weighted by atomic mass is 9.65. The predicted molar refractivity (Wildman–Crippen MR) is 158 cm³/mol. The van der Waals surface area contributed by atoms with E-state index in [4.69, 9.17) is 0 Å². The molecule has 2 bridgehead atoms. The molecule has 1 aromatic rings. The lowest BCUT2D eigenvalue weighted by molar-refractivity contribution is -0.144. The Balaban J connectivity index is 1.81. The van der Waals surface area contributed by atoms with Crippen LogP contribution in [0.15, 0.2) is 43.5 Å². The molecule has 3 aliphatic heterocycles. The third-order valence-electron chi connectivity index (χ3n) is 8.71. The largest absolute Gasteiger partial charge is 0.396 e. The van der Waals surface area contributed by atoms with Crippen molar-refractivity contribution in [3.63, 3.8) is 0 Å². The molecule has 3 heterocycles. The third-order valence-corrected chi connectivity index (χ3v) is 10.8. The van der Waals surface area contributed by atoms with Crippen LogP contribution in [0.3, 0.4) is 0 Å². The second-order valence-electron chi connectivity index (χ2n) is 11.3. The number of aryl methyl sites for hydroxylation is 2. The summed E-state index contributed by atoms with van der Waals surface area (Å²) in [5.74, 6) is -1.22. The molecule has 3 aliphatic rings. The molecule has 6 atom stereocenters. The minimum atomic E-state index is -0.719. The lowest BCUT2D eigenvalue weighted by Crippen LogP contribution is -2.58. The zero-order valence-corrected chi connectivity index (χ0v) is 24.6. The molecule has 212 valence electrons. The number of rotatable bonds is 12. The highest BCUT2D eigenvalue weighted by atomic mass is 32.2. The van der Waals surface area contributed by atoms with E-state index in [1.54, 1.807) is 33.7 Å². The van der Waals surface area contributed by atoms with Crippen molar-refractivity contribution >= 4 is 35.2 Å². The number of fused-ring (bicyclic) bond motifs is 1. The molecule has 39 heavy (non-hydrogen) atoms. The van der Waals surface area contributed by atoms with Gasteiger partial charge >= 0.3 is 0 Å². The SMILES string of the molecule is C=CCN(CCC)C(=O)[C@@H]1[C@@H]2CC(C)C3(S2)C(C(=O)N(CC=C)c2cc(C)ccc2C)N(CCCO)C(=O)[C@H]13. The summed E-state index contributed by atoms with van der Waals surface area (Å²) in [6.07, 6.45) is 5.45. The van der Waals surface area contributed by atoms with Gasteiger partial charge in [0, 0.05) is 43.7 Å². The zero-order chi connectivity index (χ0) is 28.5. The molecule has 3 unspecified atom stereocenters. The molecule has 0 aliphatic carbocycles. The third kappa shape index (κ3) is 4.84. The Morgan fingerprint density at radius 3 is 2.56 bits per heavy atom. The van der Waals surface area contributed by atoms with Crippen LogP contribution in [0.2, 0.25) is 0 Å². The first-order valence-corrected chi connectivity index (χ1v) is 15.0. The Morgan fingerprint density at radius 1 is 1.21 bits per heavy atom. The maximum atomic E-state index is 14.7. The Morgan fingerprint density at radius 2 is 1.92 bits per heavy atom. The molecular weight excluding hydrogens is 510 g/mol. The number of thioether (sulfide) groups is 1. The van der Waals surface area contributed by atoms with Gasteiger partial charge in [0.05, 0.1) is 16.6 Å². The number of amides is 3. The highest BCUT2D eigenvalue weighted by Gasteiger charge is 2.76. The molecule has 3 fully saturated rings. The number of likely N-dealkylation sites (tertiary alicyclic amines) is 1. The van der Waals surface area contributed by atoms with Crippen molar-refractivity contribution in [3.8, 4) is 0 Å². The van der Waals surface area contributed by atoms with Crippen LogP contribution in [0.4, 0.5) is 5.69 Å². The van der Waals surface area contributed by atoms with Crippen LogP contribution in [0, 0.1) is 31.6 Å². The minimum absolute atomic E-state index is 0.00512. The van der Waals surface area contributed by atoms with Crippen LogP contribution in [-0.2, 0) is 14.4 Å². The summed E-state index contributed by atoms with van der Waals surface area (Å²) in [5.41, 5.74) is 2.83. The molecule has 0 radical (unpaired) electrons. The first-order valence-electron chi connectivity index (χ1n) is 14.2. The fourth-order valence-corrected chi connectivity index (χ4v) is 9.49. The van der Waals surface area contributed by atoms with Crippen LogP contribution in [0.5, 0.6) is 0 Å². The van der Waals surface area contributed by atoms with Gasteiger partial charge in [0.1, 0.15) is 6.04 Å². The fourth-order valence-electron chi connectivity index (χ4n) is 7.08. The second-order valence-corrected chi connectivity index (χ2v) is 12.8. The van der Waals surface area contributed by atoms with Gasteiger partial charge in [0.15, 0.2) is 0 Å². The van der Waals surface area contributed by atoms with Gasteiger partial charge in [-0.2, -0.15) is 0 Å². The molecule has 1 aromatic carbocycles. The van der Waals surface area contributed by atoms with Gasteiger partial charge in [-0.25, -0.2) is 0 Å². The van der Waals surface area contributed by atoms with Crippen LogP contribution in [0.1, 0.15) is 44.2 Å². The summed E-state index contributed by atoms with van der Waals surface area (Å²) in [7, 11) is 0. The Hall–Kier alpha value is -2.58. The van der Waals surface area contributed by atoms with Crippen molar-refractivity contribution in [2.45, 2.75) is 63.0 Å². The number of aliphatic hydroxyl groups is 1. The van der Waals surface area contributed by atoms with E-state index in [1.165, 1.54) is 0 Å². The summed E-state index contributed by atoms with van der Waals surface area (Å²) in [4.78, 5) is 48.2. The van der Waals surface area contributed by atoms with Gasteiger partial charge in [0.2, 0.25) is 11.8 Å². The lowest BCUT2D eigenvalue weighted by Gasteiger charge is -2.41. The monoisotopic (exact) mass is 553 g/mol. The molecule has 1 spiro atoms. The average molecular weight is 554 g/mol. The summed E-state index contributed by atoms with van der Waals surface area (Å²) in [5, 5.41) is 9.66. The average Bonchev–Trinajstić information content (AvgIpc) is 3.50. The standard InChI is InChI=1S/C31H43N3O4S/c1-7-13-32(14-8-2)28(36)25-24-19-22(6)31(39-24)26(25)29(37)34(16-10-17-35)27(31)30(38)33(15-9-3)23-18-20(4)11-12-21(23)5/h7,9,11-12,18,22,24-27,35H,1,3,8,10,13-17,19H2,2,4-6H3/t22?,24-,25+,26-,27?,31?/m0/s1. The highest BCUT2D eigenvalue weighted by Crippen LogP contribution is 2.69. The highest BCUT2D eigenvalue weighted by molar-refractivity contribution is 8.02. The van der Waals surface area contributed by atoms with Crippen molar-refractivity contribution in [2.24, 2.45) is 17.8 Å². The second kappa shape index (κ2) is 11.9. The van der Waals surface area contributed by atoms with Crippen molar-refractivity contribution in [1.29, 1.82) is 0 Å². The van der Waals surface area contributed by atoms with Crippen molar-refractivity contribution in [2.75, 3.05) is 37.7 Å². The Kier molecular flexibility index (Phi) is 8.96.